The minimum atomic E-state index is -0.480. The van der Waals surface area contributed by atoms with Crippen molar-refractivity contribution in [3.05, 3.63) is 71.0 Å². The first kappa shape index (κ1) is 19.6. The summed E-state index contributed by atoms with van der Waals surface area (Å²) in [5.41, 5.74) is 2.23. The summed E-state index contributed by atoms with van der Waals surface area (Å²) in [7, 11) is 3.11. The molecular weight excluding hydrogens is 381 g/mol. The first-order valence-corrected chi connectivity index (χ1v) is 9.24. The molecule has 0 unspecified atom stereocenters. The number of carbonyl (C=O) groups excluding carboxylic acids is 1. The lowest BCUT2D eigenvalue weighted by atomic mass is 10.2. The summed E-state index contributed by atoms with van der Waals surface area (Å²) in [4.78, 5) is 16.4. The van der Waals surface area contributed by atoms with Crippen LogP contribution < -0.4 is 9.47 Å². The minimum absolute atomic E-state index is 0.0623. The van der Waals surface area contributed by atoms with E-state index in [1.54, 1.807) is 50.6 Å². The molecule has 1 heterocycles. The highest BCUT2D eigenvalue weighted by Gasteiger charge is 2.07. The summed E-state index contributed by atoms with van der Waals surface area (Å²) < 4.78 is 28.6. The molecule has 0 aliphatic heterocycles. The Hall–Kier alpha value is -3.19. The Balaban J connectivity index is 1.57. The largest absolute Gasteiger partial charge is 0.493 e. The number of carbonyl (C=O) groups is 1. The predicted molar refractivity (Wildman–Crippen MR) is 106 cm³/mol. The van der Waals surface area contributed by atoms with Crippen molar-refractivity contribution in [3.8, 4) is 22.1 Å². The number of benzene rings is 2. The Morgan fingerprint density at radius 3 is 2.57 bits per heavy atom. The number of thiazole rings is 1. The average molecular weight is 399 g/mol. The van der Waals surface area contributed by atoms with E-state index in [0.717, 1.165) is 16.1 Å². The van der Waals surface area contributed by atoms with Gasteiger partial charge in [-0.1, -0.05) is 6.07 Å². The molecule has 144 valence electrons. The van der Waals surface area contributed by atoms with Crippen LogP contribution in [-0.2, 0) is 16.1 Å². The predicted octanol–water partition coefficient (Wildman–Crippen LogP) is 4.72. The molecule has 0 aliphatic rings. The number of esters is 1. The Labute approximate surface area is 166 Å². The van der Waals surface area contributed by atoms with E-state index in [9.17, 15) is 9.18 Å². The van der Waals surface area contributed by atoms with Gasteiger partial charge in [-0.2, -0.15) is 0 Å². The van der Waals surface area contributed by atoms with Gasteiger partial charge >= 0.3 is 5.97 Å². The fourth-order valence-corrected chi connectivity index (χ4v) is 3.22. The summed E-state index contributed by atoms with van der Waals surface area (Å²) in [6.45, 7) is 0.0623. The van der Waals surface area contributed by atoms with Gasteiger partial charge in [-0.3, -0.25) is 0 Å². The van der Waals surface area contributed by atoms with Crippen LogP contribution in [0.5, 0.6) is 11.5 Å². The molecule has 3 rings (SSSR count). The van der Waals surface area contributed by atoms with Crippen molar-refractivity contribution in [2.45, 2.75) is 6.61 Å². The van der Waals surface area contributed by atoms with Gasteiger partial charge in [0.2, 0.25) is 0 Å². The molecule has 0 spiro atoms. The maximum absolute atomic E-state index is 13.0. The molecule has 28 heavy (non-hydrogen) atoms. The molecule has 0 bridgehead atoms. The van der Waals surface area contributed by atoms with Crippen LogP contribution >= 0.6 is 11.3 Å². The number of ether oxygens (including phenoxy) is 3. The average Bonchev–Trinajstić information content (AvgIpc) is 3.20. The second kappa shape index (κ2) is 9.14. The van der Waals surface area contributed by atoms with E-state index < -0.39 is 5.97 Å². The van der Waals surface area contributed by atoms with Crippen molar-refractivity contribution in [3.63, 3.8) is 0 Å². The summed E-state index contributed by atoms with van der Waals surface area (Å²) in [6, 6.07) is 11.4. The zero-order chi connectivity index (χ0) is 19.9. The quantitative estimate of drug-likeness (QED) is 0.425. The van der Waals surface area contributed by atoms with Gasteiger partial charge in [0.05, 0.1) is 19.9 Å². The van der Waals surface area contributed by atoms with Crippen LogP contribution in [0.25, 0.3) is 16.6 Å². The van der Waals surface area contributed by atoms with Crippen LogP contribution in [0.15, 0.2) is 53.9 Å². The second-order valence-corrected chi connectivity index (χ2v) is 6.56. The first-order chi connectivity index (χ1) is 13.6. The molecule has 1 aromatic heterocycles. The molecule has 0 atom stereocenters. The van der Waals surface area contributed by atoms with E-state index in [1.165, 1.54) is 29.5 Å². The SMILES string of the molecule is COc1ccc(/C=C\C(=O)OCc2csc(-c3ccc(F)cc3)n2)cc1OC. The van der Waals surface area contributed by atoms with Gasteiger partial charge in [-0.25, -0.2) is 14.2 Å². The number of hydrogen-bond acceptors (Lipinski definition) is 6. The summed E-state index contributed by atoms with van der Waals surface area (Å²) >= 11 is 1.41. The zero-order valence-electron chi connectivity index (χ0n) is 15.3. The number of halogens is 1. The van der Waals surface area contributed by atoms with Crippen molar-refractivity contribution in [1.82, 2.24) is 4.98 Å². The number of nitrogens with zero attached hydrogens (tertiary/aromatic N) is 1. The van der Waals surface area contributed by atoms with Gasteiger partial charge in [-0.05, 0) is 48.0 Å². The molecule has 2 aromatic carbocycles. The topological polar surface area (TPSA) is 57.7 Å². The minimum Gasteiger partial charge on any atom is -0.493 e. The smallest absolute Gasteiger partial charge is 0.331 e. The normalized spacial score (nSPS) is 10.8. The van der Waals surface area contributed by atoms with E-state index >= 15 is 0 Å². The van der Waals surface area contributed by atoms with Crippen molar-refractivity contribution in [1.29, 1.82) is 0 Å². The van der Waals surface area contributed by atoms with Crippen LogP contribution in [0.2, 0.25) is 0 Å². The van der Waals surface area contributed by atoms with Crippen molar-refractivity contribution >= 4 is 23.4 Å². The molecule has 0 saturated heterocycles. The number of aromatic nitrogens is 1. The lowest BCUT2D eigenvalue weighted by Crippen LogP contribution is -2.01. The Kier molecular flexibility index (Phi) is 6.39. The molecule has 5 nitrogen and oxygen atoms in total. The maximum Gasteiger partial charge on any atom is 0.331 e. The number of rotatable bonds is 7. The Morgan fingerprint density at radius 1 is 1.11 bits per heavy atom. The highest BCUT2D eigenvalue weighted by atomic mass is 32.1. The summed E-state index contributed by atoms with van der Waals surface area (Å²) in [5.74, 6) is 0.415. The lowest BCUT2D eigenvalue weighted by Gasteiger charge is -2.07. The molecule has 0 saturated carbocycles. The maximum atomic E-state index is 13.0. The fraction of sp³-hybridized carbons (Fsp3) is 0.143. The highest BCUT2D eigenvalue weighted by molar-refractivity contribution is 7.13. The molecule has 0 N–H and O–H groups in total. The first-order valence-electron chi connectivity index (χ1n) is 8.36. The molecular formula is C21H18FNO4S. The van der Waals surface area contributed by atoms with Crippen LogP contribution in [0, 0.1) is 5.82 Å². The van der Waals surface area contributed by atoms with Crippen LogP contribution in [0.3, 0.4) is 0 Å². The van der Waals surface area contributed by atoms with Crippen molar-refractivity contribution < 1.29 is 23.4 Å². The highest BCUT2D eigenvalue weighted by Crippen LogP contribution is 2.28. The molecule has 3 aromatic rings. The Morgan fingerprint density at radius 2 is 1.86 bits per heavy atom. The third kappa shape index (κ3) is 4.95. The number of methoxy groups -OCH3 is 2. The van der Waals surface area contributed by atoms with Crippen LogP contribution in [0.4, 0.5) is 4.39 Å². The Bertz CT molecular complexity index is 982. The lowest BCUT2D eigenvalue weighted by molar-refractivity contribution is -0.139. The molecule has 0 radical (unpaired) electrons. The van der Waals surface area contributed by atoms with E-state index in [4.69, 9.17) is 14.2 Å². The van der Waals surface area contributed by atoms with Crippen LogP contribution in [-0.4, -0.2) is 25.2 Å². The van der Waals surface area contributed by atoms with Crippen molar-refractivity contribution in [2.24, 2.45) is 0 Å². The van der Waals surface area contributed by atoms with E-state index in [2.05, 4.69) is 4.98 Å². The van der Waals surface area contributed by atoms with Gasteiger partial charge < -0.3 is 14.2 Å². The molecule has 0 fully saturated rings. The third-order valence-corrected chi connectivity index (χ3v) is 4.76. The monoisotopic (exact) mass is 399 g/mol. The van der Waals surface area contributed by atoms with Gasteiger partial charge in [0, 0.05) is 17.0 Å². The van der Waals surface area contributed by atoms with Gasteiger partial charge in [0.15, 0.2) is 11.5 Å². The van der Waals surface area contributed by atoms with Gasteiger partial charge in [-0.15, -0.1) is 11.3 Å². The zero-order valence-corrected chi connectivity index (χ0v) is 16.2. The number of hydrogen-bond donors (Lipinski definition) is 0. The molecule has 0 amide bonds. The fourth-order valence-electron chi connectivity index (χ4n) is 2.41. The van der Waals surface area contributed by atoms with E-state index in [-0.39, 0.29) is 12.4 Å². The van der Waals surface area contributed by atoms with Crippen LogP contribution in [0.1, 0.15) is 11.3 Å². The van der Waals surface area contributed by atoms with E-state index in [1.807, 2.05) is 5.38 Å². The summed E-state index contributed by atoms with van der Waals surface area (Å²) in [6.07, 6.45) is 2.98. The van der Waals surface area contributed by atoms with Gasteiger partial charge in [0.1, 0.15) is 17.4 Å². The standard InChI is InChI=1S/C21H18FNO4S/c1-25-18-9-3-14(11-19(18)26-2)4-10-20(24)27-12-17-13-28-21(23-17)15-5-7-16(22)8-6-15/h3-11,13H,12H2,1-2H3/b10-4-. The second-order valence-electron chi connectivity index (χ2n) is 5.71. The third-order valence-electron chi connectivity index (χ3n) is 3.82. The van der Waals surface area contributed by atoms with Gasteiger partial charge in [0.25, 0.3) is 0 Å². The summed E-state index contributed by atoms with van der Waals surface area (Å²) in [5, 5.41) is 2.55. The molecule has 0 aliphatic carbocycles. The van der Waals surface area contributed by atoms with Crippen molar-refractivity contribution in [2.75, 3.05) is 14.2 Å². The van der Waals surface area contributed by atoms with E-state index in [0.29, 0.717) is 17.2 Å². The molecule has 7 heteroatoms.